The number of fused-ring (bicyclic) bond motifs is 5. The lowest BCUT2D eigenvalue weighted by Crippen LogP contribution is -2.33. The molecule has 3 heterocycles. The highest BCUT2D eigenvalue weighted by Gasteiger charge is 2.32. The third-order valence-electron chi connectivity index (χ3n) is 8.05. The van der Waals surface area contributed by atoms with Crippen molar-refractivity contribution in [1.82, 2.24) is 14.9 Å². The first kappa shape index (κ1) is 34.2. The molecule has 4 N–H and O–H groups in total. The van der Waals surface area contributed by atoms with Crippen LogP contribution >= 0.6 is 11.6 Å². The molecule has 13 nitrogen and oxygen atoms in total. The van der Waals surface area contributed by atoms with Crippen LogP contribution in [-0.4, -0.2) is 72.3 Å². The molecule has 3 atom stereocenters. The number of esters is 1. The Morgan fingerprint density at radius 1 is 1.17 bits per heavy atom. The number of benzene rings is 2. The van der Waals surface area contributed by atoms with Gasteiger partial charge < -0.3 is 29.4 Å². The zero-order chi connectivity index (χ0) is 34.4. The van der Waals surface area contributed by atoms with E-state index in [0.29, 0.717) is 53.5 Å². The van der Waals surface area contributed by atoms with Crippen molar-refractivity contribution in [2.45, 2.75) is 50.7 Å². The van der Waals surface area contributed by atoms with E-state index in [1.807, 2.05) is 6.08 Å². The van der Waals surface area contributed by atoms with Crippen LogP contribution in [0.2, 0.25) is 5.02 Å². The summed E-state index contributed by atoms with van der Waals surface area (Å²) in [5, 5.41) is 8.27. The molecular weight excluding hydrogens is 647 g/mol. The fourth-order valence-electron chi connectivity index (χ4n) is 5.65. The molecule has 0 aliphatic carbocycles. The van der Waals surface area contributed by atoms with Crippen LogP contribution in [0.5, 0.6) is 0 Å². The normalized spacial score (nSPS) is 19.0. The van der Waals surface area contributed by atoms with Gasteiger partial charge in [0.05, 0.1) is 47.8 Å². The molecule has 0 saturated carbocycles. The van der Waals surface area contributed by atoms with Crippen LogP contribution in [0.25, 0.3) is 11.3 Å². The maximum Gasteiger partial charge on any atom is 0.412 e. The van der Waals surface area contributed by atoms with Crippen molar-refractivity contribution in [2.75, 3.05) is 43.3 Å². The van der Waals surface area contributed by atoms with Gasteiger partial charge in [0.15, 0.2) is 5.82 Å². The van der Waals surface area contributed by atoms with Crippen LogP contribution in [0.3, 0.4) is 0 Å². The second-order valence-electron chi connectivity index (χ2n) is 11.2. The summed E-state index contributed by atoms with van der Waals surface area (Å²) < 4.78 is 30.2. The Hall–Kier alpha value is -5.11. The second-order valence-corrected chi connectivity index (χ2v) is 11.7. The smallest absolute Gasteiger partial charge is 0.412 e. The highest BCUT2D eigenvalue weighted by molar-refractivity contribution is 6.31. The summed E-state index contributed by atoms with van der Waals surface area (Å²) in [6.45, 7) is 2.21. The fourth-order valence-corrected chi connectivity index (χ4v) is 5.81. The SMILES string of the molecule is CCOC(=O)C1C/C=C/CC(C(=O)N(C)CCCC2OC(=O)Nc3ccc(Cl)c(F)c32)c2ncc([nH]2)-c2ccc(NC(=O)OC)cc2N1. The Bertz CT molecular complexity index is 1730. The van der Waals surface area contributed by atoms with Gasteiger partial charge in [0.1, 0.15) is 18.0 Å². The third-order valence-corrected chi connectivity index (χ3v) is 8.34. The number of cyclic esters (lactones) is 1. The van der Waals surface area contributed by atoms with E-state index < -0.39 is 42.0 Å². The average molecular weight is 683 g/mol. The standard InChI is InChI=1S/C33H36ClFN6O7/c1-4-47-31(43)23-9-6-5-8-20(29-36-17-25(39-29)19-12-11-18(16-24(19)38-23)37-32(44)46-3)30(42)41(2)15-7-10-26-27-22(40-33(45)48-26)14-13-21(34)28(27)35/h5-6,11-14,16-17,20,23,26,38H,4,7-10,15H2,1-3H3,(H,36,39)(H,37,44)(H,40,45)/b6-5+. The van der Waals surface area contributed by atoms with Crippen LogP contribution in [-0.2, 0) is 23.8 Å². The van der Waals surface area contributed by atoms with Gasteiger partial charge in [-0.1, -0.05) is 23.8 Å². The predicted octanol–water partition coefficient (Wildman–Crippen LogP) is 6.37. The number of hydrogen-bond donors (Lipinski definition) is 4. The van der Waals surface area contributed by atoms with Gasteiger partial charge in [-0.2, -0.15) is 0 Å². The first-order valence-corrected chi connectivity index (χ1v) is 15.8. The van der Waals surface area contributed by atoms with Gasteiger partial charge >= 0.3 is 18.2 Å². The minimum atomic E-state index is -0.864. The largest absolute Gasteiger partial charge is 0.464 e. The highest BCUT2D eigenvalue weighted by Crippen LogP contribution is 2.38. The first-order chi connectivity index (χ1) is 23.1. The Balaban J connectivity index is 1.36. The number of carbonyl (C=O) groups is 4. The predicted molar refractivity (Wildman–Crippen MR) is 176 cm³/mol. The average Bonchev–Trinajstić information content (AvgIpc) is 3.54. The molecule has 2 aliphatic heterocycles. The van der Waals surface area contributed by atoms with Gasteiger partial charge in [-0.25, -0.2) is 23.8 Å². The number of ether oxygens (including phenoxy) is 3. The van der Waals surface area contributed by atoms with Gasteiger partial charge in [-0.3, -0.25) is 15.4 Å². The van der Waals surface area contributed by atoms with E-state index >= 15 is 0 Å². The Labute approximate surface area is 281 Å². The summed E-state index contributed by atoms with van der Waals surface area (Å²) in [4.78, 5) is 60.1. The number of aromatic nitrogens is 2. The lowest BCUT2D eigenvalue weighted by Gasteiger charge is -2.28. The number of nitrogens with one attached hydrogen (secondary N) is 4. The van der Waals surface area contributed by atoms with Gasteiger partial charge in [-0.15, -0.1) is 0 Å². The highest BCUT2D eigenvalue weighted by atomic mass is 35.5. The second kappa shape index (κ2) is 15.2. The van der Waals surface area contributed by atoms with Crippen molar-refractivity contribution in [3.63, 3.8) is 0 Å². The molecule has 0 saturated heterocycles. The number of amides is 3. The van der Waals surface area contributed by atoms with Crippen molar-refractivity contribution < 1.29 is 37.8 Å². The first-order valence-electron chi connectivity index (χ1n) is 15.4. The minimum Gasteiger partial charge on any atom is -0.464 e. The molecule has 0 spiro atoms. The number of anilines is 3. The molecular formula is C33H36ClFN6O7. The molecule has 2 bridgehead atoms. The van der Waals surface area contributed by atoms with Crippen LogP contribution < -0.4 is 16.0 Å². The number of allylic oxidation sites excluding steroid dienone is 1. The monoisotopic (exact) mass is 682 g/mol. The number of carbonyl (C=O) groups excluding carboxylic acids is 4. The van der Waals surface area contributed by atoms with E-state index in [0.717, 1.165) is 0 Å². The number of methoxy groups -OCH3 is 1. The van der Waals surface area contributed by atoms with E-state index in [1.165, 1.54) is 19.2 Å². The number of aromatic amines is 1. The number of hydrogen-bond acceptors (Lipinski definition) is 9. The van der Waals surface area contributed by atoms with E-state index in [2.05, 4.69) is 25.9 Å². The van der Waals surface area contributed by atoms with Gasteiger partial charge in [0.25, 0.3) is 0 Å². The number of likely N-dealkylation sites (N-methyl/N-ethyl adjacent to an activating group) is 1. The molecule has 0 fully saturated rings. The molecule has 1 aromatic heterocycles. The van der Waals surface area contributed by atoms with Crippen molar-refractivity contribution in [3.8, 4) is 11.3 Å². The fraction of sp³-hybridized carbons (Fsp3) is 0.364. The van der Waals surface area contributed by atoms with Gasteiger partial charge in [-0.05, 0) is 62.9 Å². The molecule has 3 amide bonds. The summed E-state index contributed by atoms with van der Waals surface area (Å²) in [5.41, 5.74) is 2.65. The summed E-state index contributed by atoms with van der Waals surface area (Å²) in [6.07, 6.45) is 4.25. The van der Waals surface area contributed by atoms with E-state index in [4.69, 9.17) is 25.8 Å². The summed E-state index contributed by atoms with van der Waals surface area (Å²) >= 11 is 5.98. The molecule has 5 rings (SSSR count). The molecule has 2 aliphatic rings. The van der Waals surface area contributed by atoms with Crippen LogP contribution in [0.4, 0.5) is 31.0 Å². The molecule has 2 aromatic carbocycles. The van der Waals surface area contributed by atoms with Crippen molar-refractivity contribution in [3.05, 3.63) is 70.9 Å². The van der Waals surface area contributed by atoms with E-state index in [9.17, 15) is 23.6 Å². The topological polar surface area (TPSA) is 164 Å². The third kappa shape index (κ3) is 7.71. The van der Waals surface area contributed by atoms with E-state index in [-0.39, 0.29) is 35.9 Å². The minimum absolute atomic E-state index is 0.0792. The Kier molecular flexibility index (Phi) is 10.8. The zero-order valence-corrected chi connectivity index (χ0v) is 27.4. The molecule has 3 aromatic rings. The van der Waals surface area contributed by atoms with Gasteiger partial charge in [0.2, 0.25) is 5.91 Å². The zero-order valence-electron chi connectivity index (χ0n) is 26.6. The molecule has 0 radical (unpaired) electrons. The summed E-state index contributed by atoms with van der Waals surface area (Å²) in [6, 6.07) is 7.23. The van der Waals surface area contributed by atoms with Crippen LogP contribution in [0, 0.1) is 5.82 Å². The van der Waals surface area contributed by atoms with Crippen molar-refractivity contribution in [2.24, 2.45) is 0 Å². The maximum absolute atomic E-state index is 14.9. The summed E-state index contributed by atoms with van der Waals surface area (Å²) in [5.74, 6) is -1.58. The number of imidazole rings is 1. The Morgan fingerprint density at radius 3 is 2.73 bits per heavy atom. The lowest BCUT2D eigenvalue weighted by atomic mass is 9.99. The number of nitrogens with zero attached hydrogens (tertiary/aromatic N) is 2. The van der Waals surface area contributed by atoms with Crippen molar-refractivity contribution >= 4 is 52.7 Å². The maximum atomic E-state index is 14.9. The Morgan fingerprint density at radius 2 is 1.96 bits per heavy atom. The molecule has 254 valence electrons. The van der Waals surface area contributed by atoms with Crippen molar-refractivity contribution in [1.29, 1.82) is 0 Å². The molecule has 15 heteroatoms. The number of H-pyrrole nitrogens is 1. The van der Waals surface area contributed by atoms with Crippen LogP contribution in [0.1, 0.15) is 56.0 Å². The lowest BCUT2D eigenvalue weighted by molar-refractivity contribution is -0.144. The van der Waals surface area contributed by atoms with Gasteiger partial charge in [0, 0.05) is 30.5 Å². The quantitative estimate of drug-likeness (QED) is 0.120. The van der Waals surface area contributed by atoms with E-state index in [1.54, 1.807) is 49.3 Å². The number of halogens is 2. The molecule has 48 heavy (non-hydrogen) atoms. The number of rotatable bonds is 8. The molecule has 3 unspecified atom stereocenters. The summed E-state index contributed by atoms with van der Waals surface area (Å²) in [7, 11) is 2.92. The van der Waals surface area contributed by atoms with Crippen LogP contribution in [0.15, 0.2) is 48.7 Å².